The highest BCUT2D eigenvalue weighted by atomic mass is 32.2. The third-order valence-electron chi connectivity index (χ3n) is 2.61. The maximum Gasteiger partial charge on any atom is 0.215 e. The molecule has 102 valence electrons. The van der Waals surface area contributed by atoms with E-state index in [0.717, 1.165) is 5.69 Å². The lowest BCUT2D eigenvalue weighted by Gasteiger charge is -2.06. The third kappa shape index (κ3) is 4.38. The van der Waals surface area contributed by atoms with E-state index in [4.69, 9.17) is 5.73 Å². The fourth-order valence-electron chi connectivity index (χ4n) is 1.65. The Hall–Kier alpha value is -1.86. The number of aromatic nitrogens is 2. The normalized spacial score (nSPS) is 11.6. The highest BCUT2D eigenvalue weighted by Crippen LogP contribution is 2.08. The van der Waals surface area contributed by atoms with Crippen LogP contribution < -0.4 is 10.5 Å². The van der Waals surface area contributed by atoms with Crippen molar-refractivity contribution >= 4 is 15.7 Å². The lowest BCUT2D eigenvalue weighted by atomic mass is 10.2. The second kappa shape index (κ2) is 5.85. The molecule has 1 heterocycles. The number of hydrogen-bond donors (Lipinski definition) is 3. The summed E-state index contributed by atoms with van der Waals surface area (Å²) < 4.78 is 26.2. The molecule has 1 aromatic carbocycles. The van der Waals surface area contributed by atoms with Crippen molar-refractivity contribution in [2.75, 3.05) is 12.3 Å². The van der Waals surface area contributed by atoms with E-state index in [2.05, 4.69) is 14.7 Å². The van der Waals surface area contributed by atoms with Crippen molar-refractivity contribution in [1.29, 1.82) is 0 Å². The Labute approximate surface area is 112 Å². The van der Waals surface area contributed by atoms with Crippen molar-refractivity contribution in [3.05, 3.63) is 48.0 Å². The molecule has 0 bridgehead atoms. The minimum Gasteiger partial charge on any atom is -0.399 e. The number of imidazole rings is 1. The van der Waals surface area contributed by atoms with E-state index >= 15 is 0 Å². The monoisotopic (exact) mass is 280 g/mol. The number of nitrogens with zero attached hydrogens (tertiary/aromatic N) is 1. The molecule has 0 aliphatic heterocycles. The van der Waals surface area contributed by atoms with E-state index in [9.17, 15) is 8.42 Å². The number of aromatic amines is 1. The van der Waals surface area contributed by atoms with Crippen LogP contribution in [0.4, 0.5) is 5.69 Å². The molecule has 0 saturated heterocycles. The van der Waals surface area contributed by atoms with Crippen molar-refractivity contribution in [3.63, 3.8) is 0 Å². The Balaban J connectivity index is 1.86. The fraction of sp³-hybridized carbons (Fsp3) is 0.250. The van der Waals surface area contributed by atoms with Crippen molar-refractivity contribution in [2.24, 2.45) is 0 Å². The van der Waals surface area contributed by atoms with Crippen LogP contribution in [0.25, 0.3) is 0 Å². The van der Waals surface area contributed by atoms with Crippen molar-refractivity contribution in [3.8, 4) is 0 Å². The second-order valence-corrected chi connectivity index (χ2v) is 6.03. The summed E-state index contributed by atoms with van der Waals surface area (Å²) in [4.78, 5) is 6.79. The van der Waals surface area contributed by atoms with Crippen LogP contribution in [0.1, 0.15) is 11.3 Å². The minimum absolute atomic E-state index is 0.0454. The summed E-state index contributed by atoms with van der Waals surface area (Å²) in [6, 6.07) is 6.80. The van der Waals surface area contributed by atoms with E-state index < -0.39 is 10.0 Å². The number of nitrogen functional groups attached to an aromatic ring is 1. The Morgan fingerprint density at radius 3 is 2.63 bits per heavy atom. The molecule has 0 unspecified atom stereocenters. The number of nitrogens with one attached hydrogen (secondary N) is 2. The molecular formula is C12H16N4O2S. The first-order valence-corrected chi connectivity index (χ1v) is 7.49. The largest absolute Gasteiger partial charge is 0.399 e. The Morgan fingerprint density at radius 2 is 2.00 bits per heavy atom. The highest BCUT2D eigenvalue weighted by molar-refractivity contribution is 7.88. The van der Waals surface area contributed by atoms with Crippen molar-refractivity contribution < 1.29 is 8.42 Å². The van der Waals surface area contributed by atoms with Crippen LogP contribution in [0, 0.1) is 0 Å². The first-order chi connectivity index (χ1) is 9.05. The molecule has 4 N–H and O–H groups in total. The van der Waals surface area contributed by atoms with E-state index in [1.165, 1.54) is 0 Å². The molecule has 7 heteroatoms. The molecule has 2 aromatic rings. The highest BCUT2D eigenvalue weighted by Gasteiger charge is 2.10. The van der Waals surface area contributed by atoms with Gasteiger partial charge in [-0.1, -0.05) is 12.1 Å². The number of H-pyrrole nitrogens is 1. The molecule has 0 aliphatic carbocycles. The standard InChI is InChI=1S/C12H16N4O2S/c13-11-3-1-10(2-4-11)8-19(17,18)16-6-5-12-7-14-9-15-12/h1-4,7,9,16H,5-6,8,13H2,(H,14,15). The van der Waals surface area contributed by atoms with Crippen LogP contribution >= 0.6 is 0 Å². The van der Waals surface area contributed by atoms with Crippen molar-refractivity contribution in [2.45, 2.75) is 12.2 Å². The Bertz CT molecular complexity index is 606. The average molecular weight is 280 g/mol. The third-order valence-corrected chi connectivity index (χ3v) is 3.96. The van der Waals surface area contributed by atoms with Gasteiger partial charge in [-0.15, -0.1) is 0 Å². The first-order valence-electron chi connectivity index (χ1n) is 5.84. The molecule has 0 saturated carbocycles. The number of benzene rings is 1. The zero-order valence-corrected chi connectivity index (χ0v) is 11.2. The number of nitrogens with two attached hydrogens (primary N) is 1. The van der Waals surface area contributed by atoms with Gasteiger partial charge in [-0.25, -0.2) is 18.1 Å². The first kappa shape index (κ1) is 13.6. The summed E-state index contributed by atoms with van der Waals surface area (Å²) in [6.07, 6.45) is 3.83. The van der Waals surface area contributed by atoms with Crippen molar-refractivity contribution in [1.82, 2.24) is 14.7 Å². The quantitative estimate of drug-likeness (QED) is 0.676. The molecule has 19 heavy (non-hydrogen) atoms. The summed E-state index contributed by atoms with van der Waals surface area (Å²) in [5, 5.41) is 0. The molecule has 0 amide bonds. The summed E-state index contributed by atoms with van der Waals surface area (Å²) in [6.45, 7) is 0.347. The van der Waals surface area contributed by atoms with Gasteiger partial charge in [-0.3, -0.25) is 0 Å². The maximum absolute atomic E-state index is 11.8. The van der Waals surface area contributed by atoms with Crippen LogP contribution in [0.2, 0.25) is 0 Å². The molecule has 2 rings (SSSR count). The van der Waals surface area contributed by atoms with Gasteiger partial charge in [0.25, 0.3) is 0 Å². The molecule has 1 aromatic heterocycles. The Kier molecular flexibility index (Phi) is 4.18. The van der Waals surface area contributed by atoms with Gasteiger partial charge >= 0.3 is 0 Å². The van der Waals surface area contributed by atoms with E-state index in [1.54, 1.807) is 36.8 Å². The van der Waals surface area contributed by atoms with Crippen LogP contribution in [-0.4, -0.2) is 24.9 Å². The van der Waals surface area contributed by atoms with Crippen LogP contribution in [0.3, 0.4) is 0 Å². The summed E-state index contributed by atoms with van der Waals surface area (Å²) in [7, 11) is -3.33. The smallest absolute Gasteiger partial charge is 0.215 e. The fourth-order valence-corrected chi connectivity index (χ4v) is 2.79. The van der Waals surface area contributed by atoms with Gasteiger partial charge < -0.3 is 10.7 Å². The summed E-state index contributed by atoms with van der Waals surface area (Å²) >= 11 is 0. The number of hydrogen-bond acceptors (Lipinski definition) is 4. The molecular weight excluding hydrogens is 264 g/mol. The molecule has 6 nitrogen and oxygen atoms in total. The molecule has 0 fully saturated rings. The van der Waals surface area contributed by atoms with Crippen LogP contribution in [-0.2, 0) is 22.2 Å². The van der Waals surface area contributed by atoms with Gasteiger partial charge in [0, 0.05) is 30.5 Å². The molecule has 0 spiro atoms. The minimum atomic E-state index is -3.33. The van der Waals surface area contributed by atoms with Gasteiger partial charge in [0.1, 0.15) is 0 Å². The topological polar surface area (TPSA) is 101 Å². The van der Waals surface area contributed by atoms with Gasteiger partial charge in [-0.05, 0) is 17.7 Å². The number of anilines is 1. The second-order valence-electron chi connectivity index (χ2n) is 4.22. The average Bonchev–Trinajstić information content (AvgIpc) is 2.85. The Morgan fingerprint density at radius 1 is 1.26 bits per heavy atom. The SMILES string of the molecule is Nc1ccc(CS(=O)(=O)NCCc2cnc[nH]2)cc1. The summed E-state index contributed by atoms with van der Waals surface area (Å²) in [5.41, 5.74) is 7.78. The predicted octanol–water partition coefficient (Wildman–Crippen LogP) is 0.654. The molecule has 0 aliphatic rings. The van der Waals surface area contributed by atoms with E-state index in [1.807, 2.05) is 0 Å². The van der Waals surface area contributed by atoms with Gasteiger partial charge in [0.05, 0.1) is 12.1 Å². The predicted molar refractivity (Wildman–Crippen MR) is 73.8 cm³/mol. The number of sulfonamides is 1. The van der Waals surface area contributed by atoms with Crippen LogP contribution in [0.15, 0.2) is 36.8 Å². The number of rotatable bonds is 6. The van der Waals surface area contributed by atoms with Gasteiger partial charge in [0.2, 0.25) is 10.0 Å². The molecule has 0 atom stereocenters. The van der Waals surface area contributed by atoms with Gasteiger partial charge in [0.15, 0.2) is 0 Å². The zero-order valence-electron chi connectivity index (χ0n) is 10.3. The summed E-state index contributed by atoms with van der Waals surface area (Å²) in [5.74, 6) is -0.0454. The maximum atomic E-state index is 11.8. The lowest BCUT2D eigenvalue weighted by Crippen LogP contribution is -2.27. The van der Waals surface area contributed by atoms with E-state index in [0.29, 0.717) is 24.2 Å². The van der Waals surface area contributed by atoms with Gasteiger partial charge in [-0.2, -0.15) is 0 Å². The van der Waals surface area contributed by atoms with E-state index in [-0.39, 0.29) is 5.75 Å². The lowest BCUT2D eigenvalue weighted by molar-refractivity contribution is 0.580. The zero-order chi connectivity index (χ0) is 13.7. The van der Waals surface area contributed by atoms with Crippen LogP contribution in [0.5, 0.6) is 0 Å². The molecule has 0 radical (unpaired) electrons.